The van der Waals surface area contributed by atoms with Gasteiger partial charge in [-0.2, -0.15) is 5.26 Å². The van der Waals surface area contributed by atoms with E-state index in [1.165, 1.54) is 6.92 Å². The van der Waals surface area contributed by atoms with E-state index in [9.17, 15) is 9.59 Å². The SMILES string of the molecule is CC(NC(=O)C1(C#N)CC1)C(N)=O. The zero-order valence-corrected chi connectivity index (χ0v) is 7.33. The Bertz CT molecular complexity index is 288. The van der Waals surface area contributed by atoms with Gasteiger partial charge in [-0.05, 0) is 19.8 Å². The highest BCUT2D eigenvalue weighted by molar-refractivity contribution is 5.92. The van der Waals surface area contributed by atoms with Crippen molar-refractivity contribution in [3.8, 4) is 6.07 Å². The molecule has 0 aromatic carbocycles. The molecule has 13 heavy (non-hydrogen) atoms. The van der Waals surface area contributed by atoms with Crippen LogP contribution >= 0.6 is 0 Å². The average molecular weight is 181 g/mol. The van der Waals surface area contributed by atoms with Gasteiger partial charge in [-0.3, -0.25) is 9.59 Å². The van der Waals surface area contributed by atoms with Crippen LogP contribution in [0, 0.1) is 16.7 Å². The van der Waals surface area contributed by atoms with Crippen molar-refractivity contribution in [2.24, 2.45) is 11.1 Å². The lowest BCUT2D eigenvalue weighted by atomic mass is 10.1. The lowest BCUT2D eigenvalue weighted by Gasteiger charge is -2.11. The standard InChI is InChI=1S/C8H11N3O2/c1-5(6(10)12)11-7(13)8(4-9)2-3-8/h5H,2-3H2,1H3,(H2,10,12)(H,11,13). The van der Waals surface area contributed by atoms with E-state index in [0.717, 1.165) is 0 Å². The molecular formula is C8H11N3O2. The predicted octanol–water partition coefficient (Wildman–Crippen LogP) is -0.720. The zero-order chi connectivity index (χ0) is 10.1. The lowest BCUT2D eigenvalue weighted by molar-refractivity contribution is -0.129. The quantitative estimate of drug-likeness (QED) is 0.601. The molecule has 5 nitrogen and oxygen atoms in total. The van der Waals surface area contributed by atoms with Crippen molar-refractivity contribution in [2.45, 2.75) is 25.8 Å². The molecule has 1 rings (SSSR count). The fourth-order valence-electron chi connectivity index (χ4n) is 0.921. The summed E-state index contributed by atoms with van der Waals surface area (Å²) in [5, 5.41) is 11.0. The first-order chi connectivity index (χ1) is 6.02. The highest BCUT2D eigenvalue weighted by Crippen LogP contribution is 2.44. The van der Waals surface area contributed by atoms with Gasteiger partial charge in [-0.15, -0.1) is 0 Å². The first-order valence-corrected chi connectivity index (χ1v) is 4.03. The van der Waals surface area contributed by atoms with Gasteiger partial charge in [-0.1, -0.05) is 0 Å². The van der Waals surface area contributed by atoms with Crippen LogP contribution in [-0.2, 0) is 9.59 Å². The smallest absolute Gasteiger partial charge is 0.241 e. The summed E-state index contributed by atoms with van der Waals surface area (Å²) in [5.41, 5.74) is 4.07. The first kappa shape index (κ1) is 9.52. The molecule has 0 bridgehead atoms. The molecule has 1 atom stereocenters. The van der Waals surface area contributed by atoms with E-state index in [4.69, 9.17) is 11.0 Å². The Labute approximate surface area is 75.9 Å². The largest absolute Gasteiger partial charge is 0.368 e. The summed E-state index contributed by atoms with van der Waals surface area (Å²) in [6.45, 7) is 1.49. The van der Waals surface area contributed by atoms with E-state index in [1.807, 2.05) is 6.07 Å². The Balaban J connectivity index is 2.52. The number of nitrogens with two attached hydrogens (primary N) is 1. The summed E-state index contributed by atoms with van der Waals surface area (Å²) in [6.07, 6.45) is 1.14. The van der Waals surface area contributed by atoms with Crippen LogP contribution in [-0.4, -0.2) is 17.9 Å². The van der Waals surface area contributed by atoms with E-state index in [0.29, 0.717) is 12.8 Å². The van der Waals surface area contributed by atoms with Gasteiger partial charge in [0.1, 0.15) is 11.5 Å². The monoisotopic (exact) mass is 181 g/mol. The topological polar surface area (TPSA) is 96.0 Å². The maximum Gasteiger partial charge on any atom is 0.241 e. The summed E-state index contributed by atoms with van der Waals surface area (Å²) in [6, 6.07) is 1.22. The lowest BCUT2D eigenvalue weighted by Crippen LogP contribution is -2.45. The van der Waals surface area contributed by atoms with Crippen molar-refractivity contribution in [1.82, 2.24) is 5.32 Å². The molecule has 0 aromatic heterocycles. The molecule has 2 amide bonds. The minimum absolute atomic E-state index is 0.388. The van der Waals surface area contributed by atoms with E-state index < -0.39 is 17.4 Å². The number of hydrogen-bond donors (Lipinski definition) is 2. The fraction of sp³-hybridized carbons (Fsp3) is 0.625. The van der Waals surface area contributed by atoms with Crippen LogP contribution in [0.4, 0.5) is 0 Å². The molecule has 0 aromatic rings. The summed E-state index contributed by atoms with van der Waals surface area (Å²) in [4.78, 5) is 21.9. The molecular weight excluding hydrogens is 170 g/mol. The second kappa shape index (κ2) is 3.05. The van der Waals surface area contributed by atoms with Gasteiger partial charge in [0, 0.05) is 0 Å². The van der Waals surface area contributed by atoms with E-state index in [-0.39, 0.29) is 5.91 Å². The number of carbonyl (C=O) groups excluding carboxylic acids is 2. The Morgan fingerprint density at radius 1 is 1.62 bits per heavy atom. The minimum Gasteiger partial charge on any atom is -0.368 e. The Morgan fingerprint density at radius 2 is 2.15 bits per heavy atom. The van der Waals surface area contributed by atoms with Gasteiger partial charge < -0.3 is 11.1 Å². The van der Waals surface area contributed by atoms with E-state index >= 15 is 0 Å². The molecule has 1 fully saturated rings. The van der Waals surface area contributed by atoms with Gasteiger partial charge in [-0.25, -0.2) is 0 Å². The molecule has 0 saturated heterocycles. The predicted molar refractivity (Wildman–Crippen MR) is 44.1 cm³/mol. The second-order valence-electron chi connectivity index (χ2n) is 3.29. The zero-order valence-electron chi connectivity index (χ0n) is 7.33. The van der Waals surface area contributed by atoms with Crippen LogP contribution in [0.5, 0.6) is 0 Å². The molecule has 1 aliphatic rings. The Kier molecular flexibility index (Phi) is 2.24. The van der Waals surface area contributed by atoms with Gasteiger partial charge in [0.2, 0.25) is 11.8 Å². The van der Waals surface area contributed by atoms with E-state index in [2.05, 4.69) is 5.32 Å². The molecule has 3 N–H and O–H groups in total. The highest BCUT2D eigenvalue weighted by atomic mass is 16.2. The van der Waals surface area contributed by atoms with Crippen LogP contribution < -0.4 is 11.1 Å². The molecule has 0 aliphatic heterocycles. The molecule has 1 saturated carbocycles. The Hall–Kier alpha value is -1.57. The van der Waals surface area contributed by atoms with Crippen molar-refractivity contribution in [3.05, 3.63) is 0 Å². The van der Waals surface area contributed by atoms with Crippen molar-refractivity contribution < 1.29 is 9.59 Å². The van der Waals surface area contributed by atoms with Crippen molar-refractivity contribution in [1.29, 1.82) is 5.26 Å². The van der Waals surface area contributed by atoms with Crippen molar-refractivity contribution >= 4 is 11.8 Å². The van der Waals surface area contributed by atoms with Crippen LogP contribution in [0.3, 0.4) is 0 Å². The first-order valence-electron chi connectivity index (χ1n) is 4.03. The second-order valence-corrected chi connectivity index (χ2v) is 3.29. The molecule has 1 unspecified atom stereocenters. The van der Waals surface area contributed by atoms with Crippen molar-refractivity contribution in [3.63, 3.8) is 0 Å². The third-order valence-electron chi connectivity index (χ3n) is 2.17. The molecule has 5 heteroatoms. The third-order valence-corrected chi connectivity index (χ3v) is 2.17. The third kappa shape index (κ3) is 1.78. The van der Waals surface area contributed by atoms with Gasteiger partial charge >= 0.3 is 0 Å². The number of carbonyl (C=O) groups is 2. The number of nitrogens with one attached hydrogen (secondary N) is 1. The van der Waals surface area contributed by atoms with Crippen LogP contribution in [0.2, 0.25) is 0 Å². The number of rotatable bonds is 3. The van der Waals surface area contributed by atoms with Crippen LogP contribution in [0.1, 0.15) is 19.8 Å². The molecule has 0 spiro atoms. The van der Waals surface area contributed by atoms with Crippen molar-refractivity contribution in [2.75, 3.05) is 0 Å². The molecule has 1 aliphatic carbocycles. The maximum absolute atomic E-state index is 11.3. The summed E-state index contributed by atoms with van der Waals surface area (Å²) in [5.74, 6) is -0.983. The number of amides is 2. The number of primary amides is 1. The summed E-state index contributed by atoms with van der Waals surface area (Å²) in [7, 11) is 0. The van der Waals surface area contributed by atoms with Crippen LogP contribution in [0.15, 0.2) is 0 Å². The summed E-state index contributed by atoms with van der Waals surface area (Å²) >= 11 is 0. The van der Waals surface area contributed by atoms with E-state index in [1.54, 1.807) is 0 Å². The van der Waals surface area contributed by atoms with Gasteiger partial charge in [0.25, 0.3) is 0 Å². The van der Waals surface area contributed by atoms with Gasteiger partial charge in [0.05, 0.1) is 6.07 Å². The number of nitriles is 1. The highest BCUT2D eigenvalue weighted by Gasteiger charge is 2.51. The summed E-state index contributed by atoms with van der Waals surface area (Å²) < 4.78 is 0. The number of hydrogen-bond acceptors (Lipinski definition) is 3. The van der Waals surface area contributed by atoms with Crippen LogP contribution in [0.25, 0.3) is 0 Å². The fourth-order valence-corrected chi connectivity index (χ4v) is 0.921. The van der Waals surface area contributed by atoms with Gasteiger partial charge in [0.15, 0.2) is 0 Å². The minimum atomic E-state index is -0.885. The molecule has 70 valence electrons. The normalized spacial score (nSPS) is 19.7. The average Bonchev–Trinajstić information content (AvgIpc) is 2.84. The molecule has 0 heterocycles. The Morgan fingerprint density at radius 3 is 2.46 bits per heavy atom. The number of nitrogens with zero attached hydrogens (tertiary/aromatic N) is 1. The molecule has 0 radical (unpaired) electrons. The maximum atomic E-state index is 11.3.